The molecule has 0 amide bonds. The maximum Gasteiger partial charge on any atom is 0.119 e. The van der Waals surface area contributed by atoms with Gasteiger partial charge in [-0.15, -0.1) is 0 Å². The Bertz CT molecular complexity index is 701. The van der Waals surface area contributed by atoms with Crippen LogP contribution in [0, 0.1) is 0 Å². The van der Waals surface area contributed by atoms with Gasteiger partial charge in [-0.05, 0) is 23.3 Å². The van der Waals surface area contributed by atoms with E-state index in [9.17, 15) is 5.11 Å². The first-order chi connectivity index (χ1) is 13.3. The molecule has 2 aliphatic heterocycles. The van der Waals surface area contributed by atoms with Crippen LogP contribution in [-0.2, 0) is 17.9 Å². The van der Waals surface area contributed by atoms with Crippen molar-refractivity contribution < 1.29 is 14.6 Å². The van der Waals surface area contributed by atoms with Crippen molar-refractivity contribution in [3.05, 3.63) is 65.7 Å². The van der Waals surface area contributed by atoms with E-state index in [0.29, 0.717) is 6.61 Å². The Labute approximate surface area is 161 Å². The molecule has 4 rings (SSSR count). The Morgan fingerprint density at radius 1 is 0.926 bits per heavy atom. The molecule has 2 aliphatic rings. The fourth-order valence-corrected chi connectivity index (χ4v) is 3.93. The maximum atomic E-state index is 10.5. The highest BCUT2D eigenvalue weighted by Crippen LogP contribution is 2.21. The van der Waals surface area contributed by atoms with E-state index in [-0.39, 0.29) is 12.1 Å². The fourth-order valence-electron chi connectivity index (χ4n) is 3.93. The molecule has 0 bridgehead atoms. The fraction of sp³-hybridized carbons (Fsp3) is 0.455. The number of nitrogens with zero attached hydrogens (tertiary/aromatic N) is 2. The number of benzene rings is 2. The Hall–Kier alpha value is -1.92. The van der Waals surface area contributed by atoms with E-state index in [2.05, 4.69) is 34.1 Å². The number of ether oxygens (including phenoxy) is 2. The zero-order valence-electron chi connectivity index (χ0n) is 15.7. The van der Waals surface area contributed by atoms with Crippen molar-refractivity contribution in [1.82, 2.24) is 9.80 Å². The normalized spacial score (nSPS) is 24.2. The minimum absolute atomic E-state index is 0.224. The van der Waals surface area contributed by atoms with Gasteiger partial charge in [0, 0.05) is 38.8 Å². The van der Waals surface area contributed by atoms with Gasteiger partial charge in [-0.2, -0.15) is 0 Å². The second kappa shape index (κ2) is 8.85. The van der Waals surface area contributed by atoms with Crippen LogP contribution in [0.15, 0.2) is 54.6 Å². The summed E-state index contributed by atoms with van der Waals surface area (Å²) in [6.45, 7) is 6.46. The molecule has 27 heavy (non-hydrogen) atoms. The lowest BCUT2D eigenvalue weighted by Crippen LogP contribution is -2.48. The summed E-state index contributed by atoms with van der Waals surface area (Å²) in [4.78, 5) is 4.71. The summed E-state index contributed by atoms with van der Waals surface area (Å²) in [5.41, 5.74) is 2.42. The number of hydrogen-bond acceptors (Lipinski definition) is 5. The predicted octanol–water partition coefficient (Wildman–Crippen LogP) is 2.14. The summed E-state index contributed by atoms with van der Waals surface area (Å²) < 4.78 is 11.3. The standard InChI is InChI=1S/C22H28N2O3/c25-22-16-23(15-21(22)24-10-12-26-13-11-24)14-18-6-8-20(9-7-18)27-17-19-4-2-1-3-5-19/h1-9,21-22,25H,10-17H2/t21-,22-/m1/s1. The number of β-amino-alcohol motifs (C(OH)–C–C–N with tert-alkyl or cyclic N) is 1. The van der Waals surface area contributed by atoms with Gasteiger partial charge in [0.25, 0.3) is 0 Å². The lowest BCUT2D eigenvalue weighted by molar-refractivity contribution is -0.00618. The number of morpholine rings is 1. The van der Waals surface area contributed by atoms with Crippen molar-refractivity contribution in [3.8, 4) is 5.75 Å². The number of aliphatic hydroxyl groups excluding tert-OH is 1. The second-order valence-corrected chi connectivity index (χ2v) is 7.40. The number of likely N-dealkylation sites (tertiary alicyclic amines) is 1. The van der Waals surface area contributed by atoms with Gasteiger partial charge >= 0.3 is 0 Å². The summed E-state index contributed by atoms with van der Waals surface area (Å²) in [6.07, 6.45) is -0.281. The first-order valence-electron chi connectivity index (χ1n) is 9.76. The first-order valence-corrected chi connectivity index (χ1v) is 9.76. The summed E-state index contributed by atoms with van der Waals surface area (Å²) in [5.74, 6) is 0.884. The lowest BCUT2D eigenvalue weighted by atomic mass is 10.1. The first kappa shape index (κ1) is 18.4. The molecule has 2 saturated heterocycles. The summed E-state index contributed by atoms with van der Waals surface area (Å²) in [6, 6.07) is 18.7. The van der Waals surface area contributed by atoms with Crippen LogP contribution in [0.2, 0.25) is 0 Å². The smallest absolute Gasteiger partial charge is 0.119 e. The van der Waals surface area contributed by atoms with E-state index in [1.165, 1.54) is 11.1 Å². The average molecular weight is 368 g/mol. The summed E-state index contributed by atoms with van der Waals surface area (Å²) in [5, 5.41) is 10.5. The number of aliphatic hydroxyl groups is 1. The molecular weight excluding hydrogens is 340 g/mol. The molecule has 0 unspecified atom stereocenters. The maximum absolute atomic E-state index is 10.5. The molecule has 0 aliphatic carbocycles. The van der Waals surface area contributed by atoms with E-state index >= 15 is 0 Å². The van der Waals surface area contributed by atoms with Gasteiger partial charge in [0.2, 0.25) is 0 Å². The van der Waals surface area contributed by atoms with E-state index < -0.39 is 0 Å². The Kier molecular flexibility index (Phi) is 6.04. The van der Waals surface area contributed by atoms with Crippen molar-refractivity contribution in [2.75, 3.05) is 39.4 Å². The van der Waals surface area contributed by atoms with Crippen LogP contribution in [0.5, 0.6) is 5.75 Å². The van der Waals surface area contributed by atoms with Crippen LogP contribution in [-0.4, -0.2) is 66.4 Å². The third-order valence-corrected chi connectivity index (χ3v) is 5.43. The van der Waals surface area contributed by atoms with Crippen LogP contribution in [0.3, 0.4) is 0 Å². The minimum atomic E-state index is -0.281. The highest BCUT2D eigenvalue weighted by molar-refractivity contribution is 5.28. The summed E-state index contributed by atoms with van der Waals surface area (Å²) >= 11 is 0. The number of hydrogen-bond donors (Lipinski definition) is 1. The van der Waals surface area contributed by atoms with Crippen LogP contribution < -0.4 is 4.74 Å². The van der Waals surface area contributed by atoms with Crippen molar-refractivity contribution >= 4 is 0 Å². The Morgan fingerprint density at radius 2 is 1.67 bits per heavy atom. The lowest BCUT2D eigenvalue weighted by Gasteiger charge is -2.33. The molecule has 5 nitrogen and oxygen atoms in total. The highest BCUT2D eigenvalue weighted by Gasteiger charge is 2.35. The van der Waals surface area contributed by atoms with Gasteiger partial charge < -0.3 is 14.6 Å². The third-order valence-electron chi connectivity index (χ3n) is 5.43. The van der Waals surface area contributed by atoms with Crippen molar-refractivity contribution in [3.63, 3.8) is 0 Å². The molecule has 0 aromatic heterocycles. The zero-order chi connectivity index (χ0) is 18.5. The topological polar surface area (TPSA) is 45.2 Å². The molecule has 1 N–H and O–H groups in total. The van der Waals surface area contributed by atoms with Gasteiger partial charge in [-0.3, -0.25) is 9.80 Å². The summed E-state index contributed by atoms with van der Waals surface area (Å²) in [7, 11) is 0. The molecule has 2 aromatic carbocycles. The van der Waals surface area contributed by atoms with Crippen LogP contribution in [0.25, 0.3) is 0 Å². The second-order valence-electron chi connectivity index (χ2n) is 7.40. The minimum Gasteiger partial charge on any atom is -0.489 e. The zero-order valence-corrected chi connectivity index (χ0v) is 15.7. The molecule has 2 aromatic rings. The van der Waals surface area contributed by atoms with Gasteiger partial charge in [0.05, 0.1) is 19.3 Å². The Balaban J connectivity index is 1.28. The van der Waals surface area contributed by atoms with E-state index in [0.717, 1.165) is 51.7 Å². The van der Waals surface area contributed by atoms with Crippen LogP contribution >= 0.6 is 0 Å². The quantitative estimate of drug-likeness (QED) is 0.846. The van der Waals surface area contributed by atoms with Gasteiger partial charge in [0.1, 0.15) is 12.4 Å². The van der Waals surface area contributed by atoms with Crippen LogP contribution in [0.1, 0.15) is 11.1 Å². The molecule has 0 spiro atoms. The predicted molar refractivity (Wildman–Crippen MR) is 105 cm³/mol. The van der Waals surface area contributed by atoms with Crippen molar-refractivity contribution in [1.29, 1.82) is 0 Å². The molecule has 2 fully saturated rings. The SMILES string of the molecule is O[C@@H]1CN(Cc2ccc(OCc3ccccc3)cc2)C[C@H]1N1CCOCC1. The van der Waals surface area contributed by atoms with Gasteiger partial charge in [-0.1, -0.05) is 42.5 Å². The average Bonchev–Trinajstić information content (AvgIpc) is 3.09. The molecule has 5 heteroatoms. The molecule has 0 radical (unpaired) electrons. The molecular formula is C22H28N2O3. The monoisotopic (exact) mass is 368 g/mol. The molecule has 0 saturated carbocycles. The molecule has 144 valence electrons. The van der Waals surface area contributed by atoms with E-state index in [1.54, 1.807) is 0 Å². The van der Waals surface area contributed by atoms with Gasteiger partial charge in [0.15, 0.2) is 0 Å². The Morgan fingerprint density at radius 3 is 2.41 bits per heavy atom. The van der Waals surface area contributed by atoms with Crippen molar-refractivity contribution in [2.45, 2.75) is 25.3 Å². The molecule has 2 atom stereocenters. The highest BCUT2D eigenvalue weighted by atomic mass is 16.5. The molecule has 2 heterocycles. The van der Waals surface area contributed by atoms with Crippen LogP contribution in [0.4, 0.5) is 0 Å². The van der Waals surface area contributed by atoms with E-state index in [4.69, 9.17) is 9.47 Å². The van der Waals surface area contributed by atoms with Gasteiger partial charge in [-0.25, -0.2) is 0 Å². The largest absolute Gasteiger partial charge is 0.489 e. The third kappa shape index (κ3) is 4.87. The number of rotatable bonds is 6. The van der Waals surface area contributed by atoms with E-state index in [1.807, 2.05) is 30.3 Å². The van der Waals surface area contributed by atoms with Crippen molar-refractivity contribution in [2.24, 2.45) is 0 Å².